The minimum absolute atomic E-state index is 0. The summed E-state index contributed by atoms with van der Waals surface area (Å²) in [6.07, 6.45) is 6.02. The molecule has 3 N–H and O–H groups in total. The number of aromatic nitrogens is 1. The summed E-state index contributed by atoms with van der Waals surface area (Å²) in [5.74, 6) is 3.04. The molecule has 1 saturated heterocycles. The van der Waals surface area contributed by atoms with Gasteiger partial charge in [0.05, 0.1) is 0 Å². The first kappa shape index (κ1) is 25.9. The highest BCUT2D eigenvalue weighted by Crippen LogP contribution is 2.18. The summed E-state index contributed by atoms with van der Waals surface area (Å²) in [4.78, 5) is 11.7. The molecule has 166 valence electrons. The van der Waals surface area contributed by atoms with Gasteiger partial charge in [-0.2, -0.15) is 0 Å². The maximum atomic E-state index is 9.32. The predicted molar refractivity (Wildman–Crippen MR) is 133 cm³/mol. The van der Waals surface area contributed by atoms with E-state index in [4.69, 9.17) is 4.99 Å². The lowest BCUT2D eigenvalue weighted by Gasteiger charge is -2.34. The fourth-order valence-electron chi connectivity index (χ4n) is 3.77. The van der Waals surface area contributed by atoms with Crippen LogP contribution < -0.4 is 15.5 Å². The van der Waals surface area contributed by atoms with E-state index in [9.17, 15) is 5.11 Å². The number of hydrogen-bond donors (Lipinski definition) is 3. The second kappa shape index (κ2) is 14.0. The Bertz CT molecular complexity index is 585. The van der Waals surface area contributed by atoms with Gasteiger partial charge in [0, 0.05) is 45.0 Å². The Labute approximate surface area is 194 Å². The van der Waals surface area contributed by atoms with E-state index in [-0.39, 0.29) is 30.6 Å². The van der Waals surface area contributed by atoms with Crippen LogP contribution in [-0.4, -0.2) is 54.9 Å². The number of piperidine rings is 1. The Morgan fingerprint density at radius 3 is 2.59 bits per heavy atom. The van der Waals surface area contributed by atoms with E-state index < -0.39 is 0 Å². The van der Waals surface area contributed by atoms with Gasteiger partial charge in [0.2, 0.25) is 0 Å². The molecule has 0 aromatic carbocycles. The summed E-state index contributed by atoms with van der Waals surface area (Å²) in [7, 11) is 0. The van der Waals surface area contributed by atoms with E-state index in [2.05, 4.69) is 60.3 Å². The first-order valence-corrected chi connectivity index (χ1v) is 10.8. The molecule has 2 rings (SSSR count). The quantitative estimate of drug-likeness (QED) is 0.266. The van der Waals surface area contributed by atoms with Gasteiger partial charge in [-0.3, -0.25) is 4.99 Å². The topological polar surface area (TPSA) is 72.8 Å². The average Bonchev–Trinajstić information content (AvgIpc) is 2.67. The number of rotatable bonds is 9. The molecular weight excluding hydrogens is 477 g/mol. The van der Waals surface area contributed by atoms with Crippen molar-refractivity contribution in [1.29, 1.82) is 0 Å². The summed E-state index contributed by atoms with van der Waals surface area (Å²) in [6.45, 7) is 12.5. The number of guanidine groups is 1. The molecule has 1 aliphatic heterocycles. The molecule has 6 nitrogen and oxygen atoms in total. The summed E-state index contributed by atoms with van der Waals surface area (Å²) in [5.41, 5.74) is 1.20. The molecule has 0 radical (unpaired) electrons. The van der Waals surface area contributed by atoms with Crippen LogP contribution in [-0.2, 0) is 0 Å². The number of aliphatic hydroxyl groups is 1. The molecule has 0 spiro atoms. The summed E-state index contributed by atoms with van der Waals surface area (Å²) >= 11 is 0. The highest BCUT2D eigenvalue weighted by molar-refractivity contribution is 14.0. The second-order valence-corrected chi connectivity index (χ2v) is 8.33. The van der Waals surface area contributed by atoms with Gasteiger partial charge in [-0.15, -0.1) is 24.0 Å². The van der Waals surface area contributed by atoms with E-state index in [0.717, 1.165) is 63.6 Å². The Balaban J connectivity index is 0.00000420. The van der Waals surface area contributed by atoms with E-state index >= 15 is 0 Å². The van der Waals surface area contributed by atoms with Gasteiger partial charge in [-0.1, -0.05) is 19.9 Å². The number of aliphatic hydroxyl groups excluding tert-OH is 1. The summed E-state index contributed by atoms with van der Waals surface area (Å²) < 4.78 is 0. The Morgan fingerprint density at radius 1 is 1.31 bits per heavy atom. The second-order valence-electron chi connectivity index (χ2n) is 8.33. The third-order valence-corrected chi connectivity index (χ3v) is 5.25. The van der Waals surface area contributed by atoms with Crippen molar-refractivity contribution < 1.29 is 5.11 Å². The molecule has 29 heavy (non-hydrogen) atoms. The van der Waals surface area contributed by atoms with Crippen molar-refractivity contribution in [3.63, 3.8) is 0 Å². The lowest BCUT2D eigenvalue weighted by molar-refractivity contribution is 0.245. The van der Waals surface area contributed by atoms with E-state index in [0.29, 0.717) is 17.9 Å². The molecule has 0 amide bonds. The first-order valence-electron chi connectivity index (χ1n) is 10.8. The maximum absolute atomic E-state index is 9.32. The Hall–Kier alpha value is -1.09. The van der Waals surface area contributed by atoms with Crippen LogP contribution in [0.4, 0.5) is 5.82 Å². The van der Waals surface area contributed by atoms with Crippen LogP contribution in [0.1, 0.15) is 52.0 Å². The van der Waals surface area contributed by atoms with Crippen LogP contribution in [0.3, 0.4) is 0 Å². The zero-order valence-electron chi connectivity index (χ0n) is 18.5. The largest absolute Gasteiger partial charge is 0.396 e. The number of halogens is 1. The fourth-order valence-corrected chi connectivity index (χ4v) is 3.77. The molecule has 1 atom stereocenters. The predicted octanol–water partition coefficient (Wildman–Crippen LogP) is 3.58. The maximum Gasteiger partial charge on any atom is 0.191 e. The van der Waals surface area contributed by atoms with Crippen LogP contribution in [0.5, 0.6) is 0 Å². The monoisotopic (exact) mass is 517 g/mol. The van der Waals surface area contributed by atoms with Crippen molar-refractivity contribution in [2.45, 2.75) is 59.4 Å². The van der Waals surface area contributed by atoms with E-state index in [1.165, 1.54) is 5.56 Å². The fraction of sp³-hybridized carbons (Fsp3) is 0.727. The molecule has 7 heteroatoms. The summed E-state index contributed by atoms with van der Waals surface area (Å²) in [5, 5.41) is 16.3. The van der Waals surface area contributed by atoms with Gasteiger partial charge in [-0.25, -0.2) is 4.98 Å². The number of aryl methyl sites for hydroxylation is 1. The molecule has 1 aliphatic rings. The molecule has 0 bridgehead atoms. The molecule has 1 unspecified atom stereocenters. The van der Waals surface area contributed by atoms with Crippen LogP contribution in [0.25, 0.3) is 0 Å². The van der Waals surface area contributed by atoms with Crippen molar-refractivity contribution in [2.24, 2.45) is 16.8 Å². The van der Waals surface area contributed by atoms with Crippen molar-refractivity contribution in [3.05, 3.63) is 23.9 Å². The molecular formula is C22H40IN5O. The zero-order valence-corrected chi connectivity index (χ0v) is 20.9. The van der Waals surface area contributed by atoms with Gasteiger partial charge in [-0.05, 0) is 63.0 Å². The number of hydrogen-bond acceptors (Lipinski definition) is 4. The minimum Gasteiger partial charge on any atom is -0.396 e. The molecule has 0 saturated carbocycles. The standard InChI is InChI=1S/C22H39N5O.HI/c1-5-23-22(25-16-19(10-13-28)14-17(2)3)26-20-8-11-27(12-9-20)21-7-6-18(4)15-24-21;/h6-7,15,17,19-20,28H,5,8-14,16H2,1-4H3,(H2,23,25,26);1H. The minimum atomic E-state index is 0. The summed E-state index contributed by atoms with van der Waals surface area (Å²) in [6, 6.07) is 4.67. The van der Waals surface area contributed by atoms with Gasteiger partial charge < -0.3 is 20.6 Å². The highest BCUT2D eigenvalue weighted by atomic mass is 127. The molecule has 0 aliphatic carbocycles. The Kier molecular flexibility index (Phi) is 12.5. The average molecular weight is 518 g/mol. The molecule has 1 aromatic rings. The van der Waals surface area contributed by atoms with Gasteiger partial charge in [0.1, 0.15) is 5.82 Å². The van der Waals surface area contributed by atoms with Crippen molar-refractivity contribution in [3.8, 4) is 0 Å². The van der Waals surface area contributed by atoms with E-state index in [1.807, 2.05) is 6.20 Å². The number of nitrogens with one attached hydrogen (secondary N) is 2. The van der Waals surface area contributed by atoms with E-state index in [1.54, 1.807) is 0 Å². The third-order valence-electron chi connectivity index (χ3n) is 5.25. The number of anilines is 1. The number of aliphatic imine (C=N–C) groups is 1. The third kappa shape index (κ3) is 9.51. The first-order chi connectivity index (χ1) is 13.5. The van der Waals surface area contributed by atoms with Crippen molar-refractivity contribution in [2.75, 3.05) is 37.7 Å². The lowest BCUT2D eigenvalue weighted by Crippen LogP contribution is -2.49. The van der Waals surface area contributed by atoms with Crippen molar-refractivity contribution >= 4 is 35.8 Å². The van der Waals surface area contributed by atoms with Crippen LogP contribution in [0, 0.1) is 18.8 Å². The highest BCUT2D eigenvalue weighted by Gasteiger charge is 2.21. The number of nitrogens with zero attached hydrogens (tertiary/aromatic N) is 3. The molecule has 2 heterocycles. The van der Waals surface area contributed by atoms with Gasteiger partial charge in [0.25, 0.3) is 0 Å². The number of pyridine rings is 1. The zero-order chi connectivity index (χ0) is 20.4. The molecule has 1 aromatic heterocycles. The molecule has 1 fully saturated rings. The van der Waals surface area contributed by atoms with Crippen molar-refractivity contribution in [1.82, 2.24) is 15.6 Å². The van der Waals surface area contributed by atoms with Gasteiger partial charge >= 0.3 is 0 Å². The smallest absolute Gasteiger partial charge is 0.191 e. The van der Waals surface area contributed by atoms with Crippen LogP contribution >= 0.6 is 24.0 Å². The Morgan fingerprint density at radius 2 is 2.03 bits per heavy atom. The normalized spacial score (nSPS) is 16.5. The van der Waals surface area contributed by atoms with Crippen LogP contribution in [0.2, 0.25) is 0 Å². The SMILES string of the molecule is CCNC(=NCC(CCO)CC(C)C)NC1CCN(c2ccc(C)cn2)CC1.I. The van der Waals surface area contributed by atoms with Crippen LogP contribution in [0.15, 0.2) is 23.3 Å². The lowest BCUT2D eigenvalue weighted by atomic mass is 9.94. The van der Waals surface area contributed by atoms with Gasteiger partial charge in [0.15, 0.2) is 5.96 Å².